The van der Waals surface area contributed by atoms with Crippen LogP contribution in [0, 0.1) is 5.82 Å². The minimum Gasteiger partial charge on any atom is -0.224 e. The molecule has 0 aromatic heterocycles. The zero-order valence-electron chi connectivity index (χ0n) is 10.2. The second kappa shape index (κ2) is 5.31. The number of alkyl halides is 1. The summed E-state index contributed by atoms with van der Waals surface area (Å²) < 4.78 is 35.8. The van der Waals surface area contributed by atoms with Crippen LogP contribution in [-0.4, -0.2) is 14.7 Å². The van der Waals surface area contributed by atoms with E-state index in [1.165, 1.54) is 24.3 Å². The van der Waals surface area contributed by atoms with E-state index in [-0.39, 0.29) is 10.7 Å². The van der Waals surface area contributed by atoms with Crippen molar-refractivity contribution >= 4 is 21.4 Å². The number of sulfone groups is 1. The van der Waals surface area contributed by atoms with Gasteiger partial charge in [-0.05, 0) is 35.4 Å². The monoisotopic (exact) mass is 298 g/mol. The molecule has 19 heavy (non-hydrogen) atoms. The fourth-order valence-electron chi connectivity index (χ4n) is 1.73. The van der Waals surface area contributed by atoms with E-state index < -0.39 is 15.2 Å². The Hall–Kier alpha value is -1.39. The summed E-state index contributed by atoms with van der Waals surface area (Å²) in [6.45, 7) is 0. The first-order chi connectivity index (χ1) is 8.88. The smallest absolute Gasteiger partial charge is 0.175 e. The highest BCUT2D eigenvalue weighted by Gasteiger charge is 2.14. The Balaban J connectivity index is 2.39. The molecule has 0 heterocycles. The van der Waals surface area contributed by atoms with Gasteiger partial charge in [0.1, 0.15) is 5.82 Å². The molecule has 0 spiro atoms. The van der Waals surface area contributed by atoms with Crippen LogP contribution >= 0.6 is 11.6 Å². The zero-order valence-corrected chi connectivity index (χ0v) is 11.7. The van der Waals surface area contributed by atoms with Crippen molar-refractivity contribution < 1.29 is 12.8 Å². The summed E-state index contributed by atoms with van der Waals surface area (Å²) in [7, 11) is -3.27. The summed E-state index contributed by atoms with van der Waals surface area (Å²) in [4.78, 5) is 0.220. The van der Waals surface area contributed by atoms with Crippen LogP contribution < -0.4 is 0 Å². The van der Waals surface area contributed by atoms with Gasteiger partial charge >= 0.3 is 0 Å². The van der Waals surface area contributed by atoms with Gasteiger partial charge in [-0.15, -0.1) is 11.6 Å². The normalized spacial score (nSPS) is 13.2. The van der Waals surface area contributed by atoms with Crippen molar-refractivity contribution in [2.45, 2.75) is 10.3 Å². The third kappa shape index (κ3) is 3.33. The predicted molar refractivity (Wildman–Crippen MR) is 73.6 cm³/mol. The number of halogens is 2. The molecule has 0 aliphatic rings. The summed E-state index contributed by atoms with van der Waals surface area (Å²) >= 11 is 6.29. The third-order valence-electron chi connectivity index (χ3n) is 2.74. The van der Waals surface area contributed by atoms with Gasteiger partial charge in [0.15, 0.2) is 9.84 Å². The molecule has 0 saturated heterocycles. The van der Waals surface area contributed by atoms with E-state index in [0.717, 1.165) is 6.26 Å². The van der Waals surface area contributed by atoms with Crippen molar-refractivity contribution in [1.29, 1.82) is 0 Å². The maximum absolute atomic E-state index is 12.9. The second-order valence-electron chi connectivity index (χ2n) is 4.26. The van der Waals surface area contributed by atoms with Crippen LogP contribution in [0.2, 0.25) is 0 Å². The Morgan fingerprint density at radius 1 is 1.05 bits per heavy atom. The maximum atomic E-state index is 12.9. The van der Waals surface area contributed by atoms with E-state index in [2.05, 4.69) is 0 Å². The molecule has 0 amide bonds. The lowest BCUT2D eigenvalue weighted by atomic mass is 10.0. The van der Waals surface area contributed by atoms with Gasteiger partial charge in [0.2, 0.25) is 0 Å². The molecule has 0 fully saturated rings. The van der Waals surface area contributed by atoms with Crippen LogP contribution in [0.5, 0.6) is 0 Å². The van der Waals surface area contributed by atoms with Crippen molar-refractivity contribution in [2.24, 2.45) is 0 Å². The highest BCUT2D eigenvalue weighted by molar-refractivity contribution is 7.90. The van der Waals surface area contributed by atoms with Gasteiger partial charge in [-0.1, -0.05) is 24.3 Å². The van der Waals surface area contributed by atoms with Crippen LogP contribution in [0.4, 0.5) is 4.39 Å². The number of rotatable bonds is 3. The molecule has 0 aliphatic carbocycles. The van der Waals surface area contributed by atoms with E-state index in [4.69, 9.17) is 11.6 Å². The lowest BCUT2D eigenvalue weighted by Crippen LogP contribution is -2.00. The Morgan fingerprint density at radius 3 is 2.26 bits per heavy atom. The van der Waals surface area contributed by atoms with E-state index in [1.807, 2.05) is 0 Å². The lowest BCUT2D eigenvalue weighted by molar-refractivity contribution is 0.601. The highest BCUT2D eigenvalue weighted by Crippen LogP contribution is 2.30. The first-order valence-corrected chi connectivity index (χ1v) is 7.90. The molecule has 0 bridgehead atoms. The number of hydrogen-bond donors (Lipinski definition) is 0. The molecule has 2 aromatic carbocycles. The zero-order chi connectivity index (χ0) is 14.0. The molecule has 5 heteroatoms. The summed E-state index contributed by atoms with van der Waals surface area (Å²) in [5.41, 5.74) is 1.38. The third-order valence-corrected chi connectivity index (χ3v) is 4.36. The number of benzene rings is 2. The molecular formula is C14H12ClFO2S. The van der Waals surface area contributed by atoms with Crippen molar-refractivity contribution in [3.8, 4) is 0 Å². The van der Waals surface area contributed by atoms with Gasteiger partial charge < -0.3 is 0 Å². The SMILES string of the molecule is CS(=O)(=O)c1cccc(C(Cl)c2ccc(F)cc2)c1. The molecule has 1 unspecified atom stereocenters. The summed E-state index contributed by atoms with van der Waals surface area (Å²) in [5.74, 6) is -0.336. The van der Waals surface area contributed by atoms with Gasteiger partial charge in [0.25, 0.3) is 0 Å². The Labute approximate surface area is 116 Å². The Bertz CT molecular complexity index is 681. The first kappa shape index (κ1) is 14.0. The van der Waals surface area contributed by atoms with Gasteiger partial charge in [-0.25, -0.2) is 12.8 Å². The van der Waals surface area contributed by atoms with E-state index in [1.54, 1.807) is 24.3 Å². The van der Waals surface area contributed by atoms with Gasteiger partial charge in [0.05, 0.1) is 10.3 Å². The quantitative estimate of drug-likeness (QED) is 0.812. The fourth-order valence-corrected chi connectivity index (χ4v) is 2.68. The molecule has 2 rings (SSSR count). The molecule has 0 radical (unpaired) electrons. The standard InChI is InChI=1S/C14H12ClFO2S/c1-19(17,18)13-4-2-3-11(9-13)14(15)10-5-7-12(16)8-6-10/h2-9,14H,1H3. The van der Waals surface area contributed by atoms with Crippen LogP contribution in [0.15, 0.2) is 53.4 Å². The fraction of sp³-hybridized carbons (Fsp3) is 0.143. The van der Waals surface area contributed by atoms with Crippen LogP contribution in [-0.2, 0) is 9.84 Å². The van der Waals surface area contributed by atoms with Crippen molar-refractivity contribution in [2.75, 3.05) is 6.26 Å². The lowest BCUT2D eigenvalue weighted by Gasteiger charge is -2.11. The van der Waals surface area contributed by atoms with E-state index in [0.29, 0.717) is 11.1 Å². The predicted octanol–water partition coefficient (Wildman–Crippen LogP) is 3.56. The van der Waals surface area contributed by atoms with Crippen LogP contribution in [0.1, 0.15) is 16.5 Å². The Kier molecular flexibility index (Phi) is 3.92. The molecular weight excluding hydrogens is 287 g/mol. The average molecular weight is 299 g/mol. The molecule has 1 atom stereocenters. The minimum atomic E-state index is -3.27. The highest BCUT2D eigenvalue weighted by atomic mass is 35.5. The van der Waals surface area contributed by atoms with Crippen LogP contribution in [0.3, 0.4) is 0 Å². The first-order valence-electron chi connectivity index (χ1n) is 5.57. The number of hydrogen-bond acceptors (Lipinski definition) is 2. The summed E-state index contributed by atoms with van der Waals surface area (Å²) in [5, 5.41) is -0.512. The van der Waals surface area contributed by atoms with Gasteiger partial charge in [-0.2, -0.15) is 0 Å². The summed E-state index contributed by atoms with van der Waals surface area (Å²) in [6, 6.07) is 12.3. The van der Waals surface area contributed by atoms with Crippen molar-refractivity contribution in [1.82, 2.24) is 0 Å². The van der Waals surface area contributed by atoms with E-state index >= 15 is 0 Å². The largest absolute Gasteiger partial charge is 0.224 e. The molecule has 2 nitrogen and oxygen atoms in total. The van der Waals surface area contributed by atoms with Crippen LogP contribution in [0.25, 0.3) is 0 Å². The van der Waals surface area contributed by atoms with Gasteiger partial charge in [-0.3, -0.25) is 0 Å². The maximum Gasteiger partial charge on any atom is 0.175 e. The molecule has 0 aliphatic heterocycles. The van der Waals surface area contributed by atoms with E-state index in [9.17, 15) is 12.8 Å². The molecule has 0 N–H and O–H groups in total. The average Bonchev–Trinajstić information content (AvgIpc) is 2.38. The molecule has 2 aromatic rings. The van der Waals surface area contributed by atoms with Crippen molar-refractivity contribution in [3.63, 3.8) is 0 Å². The topological polar surface area (TPSA) is 34.1 Å². The second-order valence-corrected chi connectivity index (χ2v) is 6.71. The molecule has 100 valence electrons. The summed E-state index contributed by atoms with van der Waals surface area (Å²) in [6.07, 6.45) is 1.15. The Morgan fingerprint density at radius 2 is 1.68 bits per heavy atom. The minimum absolute atomic E-state index is 0.220. The molecule has 0 saturated carbocycles. The van der Waals surface area contributed by atoms with Crippen molar-refractivity contribution in [3.05, 3.63) is 65.5 Å². The van der Waals surface area contributed by atoms with Gasteiger partial charge in [0, 0.05) is 6.26 Å².